The van der Waals surface area contributed by atoms with Gasteiger partial charge < -0.3 is 10.6 Å². The lowest BCUT2D eigenvalue weighted by Crippen LogP contribution is -2.51. The molecule has 0 amide bonds. The quantitative estimate of drug-likeness (QED) is 0.554. The summed E-state index contributed by atoms with van der Waals surface area (Å²) in [6.07, 6.45) is 0.530. The maximum absolute atomic E-state index is 12.6. The van der Waals surface area contributed by atoms with Crippen LogP contribution in [0.2, 0.25) is 0 Å². The molecule has 0 unspecified atom stereocenters. The summed E-state index contributed by atoms with van der Waals surface area (Å²) in [5, 5.41) is 9.28. The Bertz CT molecular complexity index is 792. The van der Waals surface area contributed by atoms with E-state index in [0.717, 1.165) is 10.7 Å². The summed E-state index contributed by atoms with van der Waals surface area (Å²) in [5.41, 5.74) is -4.40. The number of aromatic nitrogens is 1. The minimum Gasteiger partial charge on any atom is -0.354 e. The Labute approximate surface area is 167 Å². The molecule has 0 spiro atoms. The highest BCUT2D eigenvalue weighted by Crippen LogP contribution is 2.29. The van der Waals surface area contributed by atoms with Gasteiger partial charge in [0, 0.05) is 37.0 Å². The number of hydrogen-bond acceptors (Lipinski definition) is 5. The molecule has 1 saturated heterocycles. The van der Waals surface area contributed by atoms with Crippen LogP contribution in [0.5, 0.6) is 0 Å². The molecule has 2 heterocycles. The Morgan fingerprint density at radius 3 is 2.39 bits per heavy atom. The van der Waals surface area contributed by atoms with E-state index in [1.807, 2.05) is 5.38 Å². The van der Waals surface area contributed by atoms with Gasteiger partial charge in [-0.3, -0.25) is 4.99 Å². The van der Waals surface area contributed by atoms with Crippen molar-refractivity contribution < 1.29 is 21.6 Å². The van der Waals surface area contributed by atoms with Crippen molar-refractivity contribution in [2.24, 2.45) is 4.99 Å². The lowest BCUT2D eigenvalue weighted by atomic mass is 9.98. The van der Waals surface area contributed by atoms with Crippen molar-refractivity contribution in [2.75, 3.05) is 20.1 Å². The zero-order valence-corrected chi connectivity index (χ0v) is 17.9. The zero-order chi connectivity index (χ0) is 21.2. The van der Waals surface area contributed by atoms with Crippen LogP contribution < -0.4 is 10.6 Å². The highest BCUT2D eigenvalue weighted by atomic mass is 32.2. The number of thiazole rings is 1. The molecular formula is C16H26F3N5O2S2. The highest BCUT2D eigenvalue weighted by Gasteiger charge is 2.50. The van der Waals surface area contributed by atoms with Crippen LogP contribution in [0, 0.1) is 0 Å². The first-order valence-corrected chi connectivity index (χ1v) is 11.1. The van der Waals surface area contributed by atoms with E-state index in [2.05, 4.69) is 41.4 Å². The molecule has 160 valence electrons. The predicted octanol–water partition coefficient (Wildman–Crippen LogP) is 2.42. The standard InChI is InChI=1S/C16H26F3N5O2S2/c1-15(2,3)13-22-12(10-27-13)9-21-14(20-4)23-11-5-7-24(8-6-11)28(25,26)16(17,18)19/h10-11H,5-9H2,1-4H3,(H2,20,21,23). The molecular weight excluding hydrogens is 415 g/mol. The Morgan fingerprint density at radius 2 is 1.93 bits per heavy atom. The van der Waals surface area contributed by atoms with E-state index in [-0.39, 0.29) is 37.4 Å². The normalized spacial score (nSPS) is 18.3. The SMILES string of the molecule is CN=C(NCc1csc(C(C)(C)C)n1)NC1CCN(S(=O)(=O)C(F)(F)F)CC1. The van der Waals surface area contributed by atoms with Crippen LogP contribution in [0.1, 0.15) is 44.3 Å². The van der Waals surface area contributed by atoms with Gasteiger partial charge in [-0.05, 0) is 12.8 Å². The van der Waals surface area contributed by atoms with Gasteiger partial charge in [0.1, 0.15) is 0 Å². The molecule has 0 radical (unpaired) electrons. The summed E-state index contributed by atoms with van der Waals surface area (Å²) >= 11 is 1.59. The van der Waals surface area contributed by atoms with Crippen LogP contribution in [-0.4, -0.2) is 55.4 Å². The van der Waals surface area contributed by atoms with Gasteiger partial charge in [-0.2, -0.15) is 17.5 Å². The molecule has 0 saturated carbocycles. The highest BCUT2D eigenvalue weighted by molar-refractivity contribution is 7.90. The lowest BCUT2D eigenvalue weighted by Gasteiger charge is -2.32. The van der Waals surface area contributed by atoms with Gasteiger partial charge in [0.25, 0.3) is 0 Å². The summed E-state index contributed by atoms with van der Waals surface area (Å²) < 4.78 is 61.3. The van der Waals surface area contributed by atoms with Gasteiger partial charge in [0.15, 0.2) is 5.96 Å². The second-order valence-electron chi connectivity index (χ2n) is 7.59. The number of nitrogens with zero attached hydrogens (tertiary/aromatic N) is 3. The van der Waals surface area contributed by atoms with Gasteiger partial charge in [-0.25, -0.2) is 13.4 Å². The van der Waals surface area contributed by atoms with Crippen molar-refractivity contribution in [1.29, 1.82) is 0 Å². The molecule has 7 nitrogen and oxygen atoms in total. The molecule has 1 aliphatic rings. The van der Waals surface area contributed by atoms with Crippen LogP contribution in [0.25, 0.3) is 0 Å². The smallest absolute Gasteiger partial charge is 0.354 e. The number of piperidine rings is 1. The Hall–Kier alpha value is -1.40. The average Bonchev–Trinajstić information content (AvgIpc) is 3.07. The second kappa shape index (κ2) is 8.54. The number of aliphatic imine (C=N–C) groups is 1. The summed E-state index contributed by atoms with van der Waals surface area (Å²) in [6.45, 7) is 6.38. The number of halogens is 3. The van der Waals surface area contributed by atoms with E-state index in [1.54, 1.807) is 18.4 Å². The van der Waals surface area contributed by atoms with E-state index in [0.29, 0.717) is 16.8 Å². The number of sulfonamides is 1. The summed E-state index contributed by atoms with van der Waals surface area (Å²) in [5.74, 6) is 0.502. The van der Waals surface area contributed by atoms with E-state index >= 15 is 0 Å². The summed E-state index contributed by atoms with van der Waals surface area (Å²) in [7, 11) is -3.66. The van der Waals surface area contributed by atoms with Crippen molar-refractivity contribution >= 4 is 27.3 Å². The number of nitrogens with one attached hydrogen (secondary N) is 2. The van der Waals surface area contributed by atoms with Crippen LogP contribution in [-0.2, 0) is 22.0 Å². The number of rotatable bonds is 4. The fourth-order valence-electron chi connectivity index (χ4n) is 2.68. The van der Waals surface area contributed by atoms with E-state index < -0.39 is 15.5 Å². The molecule has 2 rings (SSSR count). The molecule has 2 N–H and O–H groups in total. The number of hydrogen-bond donors (Lipinski definition) is 2. The summed E-state index contributed by atoms with van der Waals surface area (Å²) in [6, 6.07) is -0.161. The van der Waals surface area contributed by atoms with E-state index in [9.17, 15) is 21.6 Å². The van der Waals surface area contributed by atoms with Crippen molar-refractivity contribution in [2.45, 2.75) is 57.1 Å². The zero-order valence-electron chi connectivity index (χ0n) is 16.3. The third-order valence-electron chi connectivity index (χ3n) is 4.28. The summed E-state index contributed by atoms with van der Waals surface area (Å²) in [4.78, 5) is 8.71. The van der Waals surface area contributed by atoms with Gasteiger partial charge >= 0.3 is 15.5 Å². The van der Waals surface area contributed by atoms with Gasteiger partial charge in [-0.1, -0.05) is 20.8 Å². The Kier molecular flexibility index (Phi) is 6.98. The number of alkyl halides is 3. The first-order valence-electron chi connectivity index (χ1n) is 8.83. The second-order valence-corrected chi connectivity index (χ2v) is 10.4. The van der Waals surface area contributed by atoms with E-state index in [1.165, 1.54) is 0 Å². The van der Waals surface area contributed by atoms with Crippen molar-refractivity contribution in [3.8, 4) is 0 Å². The maximum Gasteiger partial charge on any atom is 0.511 e. The van der Waals surface area contributed by atoms with Crippen LogP contribution in [0.4, 0.5) is 13.2 Å². The lowest BCUT2D eigenvalue weighted by molar-refractivity contribution is -0.0494. The third kappa shape index (κ3) is 5.57. The largest absolute Gasteiger partial charge is 0.511 e. The molecule has 1 fully saturated rings. The van der Waals surface area contributed by atoms with Gasteiger partial charge in [0.2, 0.25) is 0 Å². The van der Waals surface area contributed by atoms with Gasteiger partial charge in [-0.15, -0.1) is 11.3 Å². The Balaban J connectivity index is 1.86. The monoisotopic (exact) mass is 441 g/mol. The van der Waals surface area contributed by atoms with Crippen LogP contribution >= 0.6 is 11.3 Å². The maximum atomic E-state index is 12.6. The fourth-order valence-corrected chi connectivity index (χ4v) is 4.57. The third-order valence-corrected chi connectivity index (χ3v) is 7.23. The van der Waals surface area contributed by atoms with Gasteiger partial charge in [0.05, 0.1) is 17.2 Å². The van der Waals surface area contributed by atoms with Crippen LogP contribution in [0.3, 0.4) is 0 Å². The van der Waals surface area contributed by atoms with Crippen LogP contribution in [0.15, 0.2) is 10.4 Å². The molecule has 28 heavy (non-hydrogen) atoms. The first kappa shape index (κ1) is 22.9. The van der Waals surface area contributed by atoms with E-state index in [4.69, 9.17) is 0 Å². The average molecular weight is 442 g/mol. The molecule has 12 heteroatoms. The number of guanidine groups is 1. The van der Waals surface area contributed by atoms with Crippen molar-refractivity contribution in [1.82, 2.24) is 19.9 Å². The minimum absolute atomic E-state index is 0.0203. The van der Waals surface area contributed by atoms with Crippen molar-refractivity contribution in [3.05, 3.63) is 16.1 Å². The molecule has 0 aromatic carbocycles. The first-order chi connectivity index (χ1) is 12.8. The minimum atomic E-state index is -5.26. The molecule has 0 bridgehead atoms. The molecule has 1 aliphatic heterocycles. The van der Waals surface area contributed by atoms with Crippen molar-refractivity contribution in [3.63, 3.8) is 0 Å². The molecule has 0 aliphatic carbocycles. The molecule has 1 aromatic rings. The topological polar surface area (TPSA) is 86.7 Å². The fraction of sp³-hybridized carbons (Fsp3) is 0.750. The molecule has 1 aromatic heterocycles. The predicted molar refractivity (Wildman–Crippen MR) is 104 cm³/mol. The molecule has 0 atom stereocenters. The Morgan fingerprint density at radius 1 is 1.32 bits per heavy atom.